The van der Waals surface area contributed by atoms with Gasteiger partial charge in [0, 0.05) is 25.1 Å². The zero-order valence-electron chi connectivity index (χ0n) is 17.6. The first-order valence-electron chi connectivity index (χ1n) is 10.5. The molecule has 1 aliphatic rings. The summed E-state index contributed by atoms with van der Waals surface area (Å²) < 4.78 is 11.0. The van der Waals surface area contributed by atoms with Crippen molar-refractivity contribution >= 4 is 11.8 Å². The van der Waals surface area contributed by atoms with Gasteiger partial charge in [-0.15, -0.1) is 0 Å². The molecule has 6 nitrogen and oxygen atoms in total. The van der Waals surface area contributed by atoms with Gasteiger partial charge in [0.15, 0.2) is 0 Å². The van der Waals surface area contributed by atoms with Crippen molar-refractivity contribution in [1.82, 2.24) is 10.2 Å². The van der Waals surface area contributed by atoms with Gasteiger partial charge in [-0.3, -0.25) is 9.59 Å². The third-order valence-corrected chi connectivity index (χ3v) is 5.29. The maximum absolute atomic E-state index is 12.9. The third kappa shape index (κ3) is 6.24. The molecule has 3 rings (SSSR count). The van der Waals surface area contributed by atoms with Crippen LogP contribution in [0.15, 0.2) is 53.5 Å². The lowest BCUT2D eigenvalue weighted by molar-refractivity contribution is -0.121. The van der Waals surface area contributed by atoms with E-state index in [0.717, 1.165) is 37.3 Å². The van der Waals surface area contributed by atoms with Crippen LogP contribution in [0, 0.1) is 12.8 Å². The number of likely N-dealkylation sites (tertiary alicyclic amines) is 1. The summed E-state index contributed by atoms with van der Waals surface area (Å²) in [6.45, 7) is 7.77. The maximum atomic E-state index is 12.9. The summed E-state index contributed by atoms with van der Waals surface area (Å²) in [5.41, 5.74) is 0.628. The lowest BCUT2D eigenvalue weighted by Crippen LogP contribution is -2.40. The summed E-state index contributed by atoms with van der Waals surface area (Å²) in [6, 6.07) is 11.0. The highest BCUT2D eigenvalue weighted by Crippen LogP contribution is 2.23. The number of amides is 2. The summed E-state index contributed by atoms with van der Waals surface area (Å²) in [5.74, 6) is 2.62. The highest BCUT2D eigenvalue weighted by molar-refractivity contribution is 5.94. The third-order valence-electron chi connectivity index (χ3n) is 5.29. The number of furan rings is 1. The van der Waals surface area contributed by atoms with E-state index in [0.29, 0.717) is 43.3 Å². The van der Waals surface area contributed by atoms with E-state index in [1.807, 2.05) is 42.2 Å². The maximum Gasteiger partial charge on any atom is 0.253 e. The van der Waals surface area contributed by atoms with E-state index < -0.39 is 0 Å². The molecule has 0 radical (unpaired) electrons. The summed E-state index contributed by atoms with van der Waals surface area (Å²) in [7, 11) is 0. The summed E-state index contributed by atoms with van der Waals surface area (Å²) in [6.07, 6.45) is 4.90. The topological polar surface area (TPSA) is 71.8 Å². The molecule has 1 aliphatic heterocycles. The van der Waals surface area contributed by atoms with Gasteiger partial charge >= 0.3 is 0 Å². The molecule has 30 heavy (non-hydrogen) atoms. The molecule has 1 N–H and O–H groups in total. The Morgan fingerprint density at radius 1 is 1.33 bits per heavy atom. The Bertz CT molecular complexity index is 874. The molecule has 1 aromatic carbocycles. The molecule has 0 spiro atoms. The van der Waals surface area contributed by atoms with E-state index in [2.05, 4.69) is 11.9 Å². The minimum Gasteiger partial charge on any atom is -0.490 e. The highest BCUT2D eigenvalue weighted by Gasteiger charge is 2.25. The molecule has 0 saturated carbocycles. The van der Waals surface area contributed by atoms with Gasteiger partial charge in [-0.1, -0.05) is 18.7 Å². The van der Waals surface area contributed by atoms with Gasteiger partial charge in [0.25, 0.3) is 5.91 Å². The molecule has 1 aromatic heterocycles. The molecule has 0 aliphatic carbocycles. The normalized spacial score (nSPS) is 16.2. The molecule has 1 unspecified atom stereocenters. The largest absolute Gasteiger partial charge is 0.490 e. The average molecular weight is 411 g/mol. The van der Waals surface area contributed by atoms with Crippen molar-refractivity contribution in [2.45, 2.75) is 39.2 Å². The van der Waals surface area contributed by atoms with E-state index in [4.69, 9.17) is 9.15 Å². The molecule has 0 bridgehead atoms. The fraction of sp³-hybridized carbons (Fsp3) is 0.417. The van der Waals surface area contributed by atoms with Crippen molar-refractivity contribution in [3.8, 4) is 5.75 Å². The van der Waals surface area contributed by atoms with Gasteiger partial charge in [0.2, 0.25) is 5.91 Å². The van der Waals surface area contributed by atoms with Gasteiger partial charge in [-0.05, 0) is 62.4 Å². The van der Waals surface area contributed by atoms with E-state index in [-0.39, 0.29) is 11.8 Å². The number of nitrogens with one attached hydrogen (secondary N) is 1. The molecular formula is C24H30N2O4. The zero-order valence-corrected chi connectivity index (χ0v) is 17.6. The standard InChI is InChI=1S/C24H30N2O4/c1-3-14-29-21-8-4-7-20(15-21)24(28)26-13-5-6-19(17-26)10-12-23(27)25-16-22-11-9-18(2)30-22/h3-4,7-9,11,15,19H,1,5-6,10,12-14,16-17H2,2H3,(H,25,27). The number of carbonyl (C=O) groups excluding carboxylic acids is 2. The van der Waals surface area contributed by atoms with Gasteiger partial charge < -0.3 is 19.4 Å². The van der Waals surface area contributed by atoms with Gasteiger partial charge in [-0.25, -0.2) is 0 Å². The molecule has 2 aromatic rings. The smallest absolute Gasteiger partial charge is 0.253 e. The van der Waals surface area contributed by atoms with Crippen LogP contribution in [0.25, 0.3) is 0 Å². The fourth-order valence-electron chi connectivity index (χ4n) is 3.73. The molecule has 6 heteroatoms. The van der Waals surface area contributed by atoms with Crippen molar-refractivity contribution in [1.29, 1.82) is 0 Å². The lowest BCUT2D eigenvalue weighted by Gasteiger charge is -2.33. The van der Waals surface area contributed by atoms with Crippen molar-refractivity contribution in [2.75, 3.05) is 19.7 Å². The molecule has 2 amide bonds. The second kappa shape index (κ2) is 10.7. The summed E-state index contributed by atoms with van der Waals surface area (Å²) in [4.78, 5) is 27.0. The van der Waals surface area contributed by atoms with Crippen molar-refractivity contribution < 1.29 is 18.7 Å². The SMILES string of the molecule is C=CCOc1cccc(C(=O)N2CCCC(CCC(=O)NCc3ccc(C)o3)C2)c1. The van der Waals surface area contributed by atoms with Crippen LogP contribution in [0.2, 0.25) is 0 Å². The second-order valence-corrected chi connectivity index (χ2v) is 7.71. The van der Waals surface area contributed by atoms with Crippen molar-refractivity contribution in [3.63, 3.8) is 0 Å². The van der Waals surface area contributed by atoms with Crippen LogP contribution in [0.1, 0.15) is 47.6 Å². The first-order chi connectivity index (χ1) is 14.5. The quantitative estimate of drug-likeness (QED) is 0.632. The molecule has 1 saturated heterocycles. The van der Waals surface area contributed by atoms with E-state index >= 15 is 0 Å². The number of benzene rings is 1. The van der Waals surface area contributed by atoms with Gasteiger partial charge in [-0.2, -0.15) is 0 Å². The van der Waals surface area contributed by atoms with Crippen LogP contribution in [0.5, 0.6) is 5.75 Å². The zero-order chi connectivity index (χ0) is 21.3. The number of nitrogens with zero attached hydrogens (tertiary/aromatic N) is 1. The average Bonchev–Trinajstić information content (AvgIpc) is 3.20. The Kier molecular flexibility index (Phi) is 7.71. The van der Waals surface area contributed by atoms with Crippen molar-refractivity contribution in [2.24, 2.45) is 5.92 Å². The number of rotatable bonds is 9. The number of carbonyl (C=O) groups is 2. The Balaban J connectivity index is 1.47. The number of hydrogen-bond donors (Lipinski definition) is 1. The number of hydrogen-bond acceptors (Lipinski definition) is 4. The Morgan fingerprint density at radius 3 is 2.97 bits per heavy atom. The van der Waals surface area contributed by atoms with Crippen LogP contribution in [-0.4, -0.2) is 36.4 Å². The number of piperidine rings is 1. The molecular weight excluding hydrogens is 380 g/mol. The van der Waals surface area contributed by atoms with Crippen LogP contribution in [0.3, 0.4) is 0 Å². The van der Waals surface area contributed by atoms with Crippen LogP contribution in [-0.2, 0) is 11.3 Å². The number of aryl methyl sites for hydroxylation is 1. The molecule has 2 heterocycles. The first-order valence-corrected chi connectivity index (χ1v) is 10.5. The minimum absolute atomic E-state index is 0.0135. The van der Waals surface area contributed by atoms with Gasteiger partial charge in [0.05, 0.1) is 6.54 Å². The predicted molar refractivity (Wildman–Crippen MR) is 115 cm³/mol. The Morgan fingerprint density at radius 2 is 2.20 bits per heavy atom. The van der Waals surface area contributed by atoms with E-state index in [9.17, 15) is 9.59 Å². The van der Waals surface area contributed by atoms with E-state index in [1.54, 1.807) is 12.1 Å². The second-order valence-electron chi connectivity index (χ2n) is 7.71. The minimum atomic E-state index is 0.0135. The lowest BCUT2D eigenvalue weighted by atomic mass is 9.92. The van der Waals surface area contributed by atoms with Crippen LogP contribution < -0.4 is 10.1 Å². The monoisotopic (exact) mass is 410 g/mol. The van der Waals surface area contributed by atoms with Gasteiger partial charge in [0.1, 0.15) is 23.9 Å². The van der Waals surface area contributed by atoms with E-state index in [1.165, 1.54) is 0 Å². The Hall–Kier alpha value is -3.02. The molecule has 160 valence electrons. The summed E-state index contributed by atoms with van der Waals surface area (Å²) in [5, 5.41) is 2.90. The van der Waals surface area contributed by atoms with Crippen LogP contribution >= 0.6 is 0 Å². The highest BCUT2D eigenvalue weighted by atomic mass is 16.5. The fourth-order valence-corrected chi connectivity index (χ4v) is 3.73. The van der Waals surface area contributed by atoms with Crippen LogP contribution in [0.4, 0.5) is 0 Å². The molecule has 1 fully saturated rings. The predicted octanol–water partition coefficient (Wildman–Crippen LogP) is 4.10. The Labute approximate surface area is 177 Å². The van der Waals surface area contributed by atoms with Crippen molar-refractivity contribution in [3.05, 3.63) is 66.1 Å². The molecule has 1 atom stereocenters. The summed E-state index contributed by atoms with van der Waals surface area (Å²) >= 11 is 0. The first kappa shape index (κ1) is 21.7. The number of ether oxygens (including phenoxy) is 1.